The van der Waals surface area contributed by atoms with Crippen LogP contribution < -0.4 is 0 Å². The molecule has 1 N–H and O–H groups in total. The van der Waals surface area contributed by atoms with Crippen molar-refractivity contribution in [2.75, 3.05) is 7.11 Å². The van der Waals surface area contributed by atoms with E-state index in [1.54, 1.807) is 0 Å². The molecular formula is C15H10F4O3. The number of carbonyl (C=O) groups is 1. The molecule has 0 aliphatic heterocycles. The molecule has 0 saturated carbocycles. The van der Waals surface area contributed by atoms with Crippen molar-refractivity contribution in [3.8, 4) is 16.9 Å². The molecule has 7 heteroatoms. The molecule has 0 radical (unpaired) electrons. The van der Waals surface area contributed by atoms with Crippen LogP contribution in [0.3, 0.4) is 0 Å². The van der Waals surface area contributed by atoms with Crippen molar-refractivity contribution in [3.63, 3.8) is 0 Å². The molecule has 0 bridgehead atoms. The Hall–Kier alpha value is -2.57. The average Bonchev–Trinajstić information content (AvgIpc) is 2.44. The molecule has 0 aromatic heterocycles. The number of carbonyl (C=O) groups excluding carboxylic acids is 1. The van der Waals surface area contributed by atoms with Crippen molar-refractivity contribution in [1.29, 1.82) is 0 Å². The van der Waals surface area contributed by atoms with Gasteiger partial charge in [0.15, 0.2) is 0 Å². The zero-order valence-corrected chi connectivity index (χ0v) is 11.2. The summed E-state index contributed by atoms with van der Waals surface area (Å²) in [6.45, 7) is 0. The van der Waals surface area contributed by atoms with Crippen LogP contribution in [-0.2, 0) is 10.9 Å². The Bertz CT molecular complexity index is 723. The van der Waals surface area contributed by atoms with Crippen LogP contribution in [0.4, 0.5) is 17.6 Å². The molecule has 3 nitrogen and oxygen atoms in total. The molecule has 0 aliphatic carbocycles. The zero-order valence-electron chi connectivity index (χ0n) is 11.2. The van der Waals surface area contributed by atoms with Crippen LogP contribution in [0.15, 0.2) is 36.4 Å². The fraction of sp³-hybridized carbons (Fsp3) is 0.133. The maximum absolute atomic E-state index is 13.6. The van der Waals surface area contributed by atoms with E-state index in [9.17, 15) is 27.5 Å². The van der Waals surface area contributed by atoms with Crippen LogP contribution in [-0.4, -0.2) is 18.2 Å². The number of hydrogen-bond acceptors (Lipinski definition) is 3. The highest BCUT2D eigenvalue weighted by molar-refractivity contribution is 5.91. The summed E-state index contributed by atoms with van der Waals surface area (Å²) in [7, 11) is 1.10. The Kier molecular flexibility index (Phi) is 4.07. The van der Waals surface area contributed by atoms with Crippen LogP contribution >= 0.6 is 0 Å². The third-order valence-corrected chi connectivity index (χ3v) is 2.90. The van der Waals surface area contributed by atoms with E-state index in [4.69, 9.17) is 0 Å². The summed E-state index contributed by atoms with van der Waals surface area (Å²) in [5.41, 5.74) is -1.28. The monoisotopic (exact) mass is 314 g/mol. The van der Waals surface area contributed by atoms with Gasteiger partial charge in [0.05, 0.1) is 18.2 Å². The Balaban J connectivity index is 2.59. The Labute approximate surface area is 122 Å². The molecule has 0 amide bonds. The third kappa shape index (κ3) is 3.36. The summed E-state index contributed by atoms with van der Waals surface area (Å²) >= 11 is 0. The molecule has 2 aromatic carbocycles. The number of phenolic OH excluding ortho intramolecular Hbond substituents is 1. The summed E-state index contributed by atoms with van der Waals surface area (Å²) in [6.07, 6.45) is -4.66. The van der Waals surface area contributed by atoms with E-state index in [2.05, 4.69) is 4.74 Å². The molecule has 0 atom stereocenters. The standard InChI is InChI=1S/C15H10F4O3/c1-22-14(21)10-2-8(4-12(16)5-10)9-3-11(15(17,18)19)7-13(20)6-9/h2-7,20H,1H3. The van der Waals surface area contributed by atoms with Gasteiger partial charge in [-0.2, -0.15) is 13.2 Å². The molecule has 0 saturated heterocycles. The number of alkyl halides is 3. The SMILES string of the molecule is COC(=O)c1cc(F)cc(-c2cc(O)cc(C(F)(F)F)c2)c1. The minimum Gasteiger partial charge on any atom is -0.508 e. The van der Waals surface area contributed by atoms with E-state index in [0.717, 1.165) is 31.4 Å². The number of aromatic hydroxyl groups is 1. The lowest BCUT2D eigenvalue weighted by Gasteiger charge is -2.11. The van der Waals surface area contributed by atoms with E-state index in [0.29, 0.717) is 6.07 Å². The third-order valence-electron chi connectivity index (χ3n) is 2.90. The van der Waals surface area contributed by atoms with Gasteiger partial charge in [-0.05, 0) is 47.5 Å². The quantitative estimate of drug-likeness (QED) is 0.673. The Morgan fingerprint density at radius 3 is 2.27 bits per heavy atom. The second kappa shape index (κ2) is 5.67. The first-order valence-corrected chi connectivity index (χ1v) is 6.01. The zero-order chi connectivity index (χ0) is 16.5. The first-order valence-electron chi connectivity index (χ1n) is 6.01. The lowest BCUT2D eigenvalue weighted by molar-refractivity contribution is -0.137. The smallest absolute Gasteiger partial charge is 0.416 e. The van der Waals surface area contributed by atoms with Gasteiger partial charge >= 0.3 is 12.1 Å². The van der Waals surface area contributed by atoms with Crippen molar-refractivity contribution in [3.05, 3.63) is 53.3 Å². The number of rotatable bonds is 2. The second-order valence-corrected chi connectivity index (χ2v) is 4.49. The molecule has 0 unspecified atom stereocenters. The van der Waals surface area contributed by atoms with Gasteiger partial charge in [0.1, 0.15) is 11.6 Å². The molecule has 2 rings (SSSR count). The van der Waals surface area contributed by atoms with Gasteiger partial charge in [-0.1, -0.05) is 0 Å². The summed E-state index contributed by atoms with van der Waals surface area (Å²) < 4.78 is 56.2. The van der Waals surface area contributed by atoms with Crippen molar-refractivity contribution in [1.82, 2.24) is 0 Å². The first kappa shape index (κ1) is 15.8. The maximum atomic E-state index is 13.6. The number of phenols is 1. The molecule has 0 heterocycles. The van der Waals surface area contributed by atoms with Crippen molar-refractivity contribution < 1.29 is 32.2 Å². The first-order chi connectivity index (χ1) is 10.2. The second-order valence-electron chi connectivity index (χ2n) is 4.49. The van der Waals surface area contributed by atoms with Crippen LogP contribution in [0.1, 0.15) is 15.9 Å². The largest absolute Gasteiger partial charge is 0.508 e. The van der Waals surface area contributed by atoms with Gasteiger partial charge in [0, 0.05) is 0 Å². The highest BCUT2D eigenvalue weighted by Crippen LogP contribution is 2.35. The number of esters is 1. The molecular weight excluding hydrogens is 304 g/mol. The van der Waals surface area contributed by atoms with Gasteiger partial charge in [0.2, 0.25) is 0 Å². The highest BCUT2D eigenvalue weighted by Gasteiger charge is 2.31. The highest BCUT2D eigenvalue weighted by atomic mass is 19.4. The topological polar surface area (TPSA) is 46.5 Å². The van der Waals surface area contributed by atoms with E-state index < -0.39 is 29.3 Å². The fourth-order valence-electron chi connectivity index (χ4n) is 1.93. The lowest BCUT2D eigenvalue weighted by atomic mass is 10.00. The van der Waals surface area contributed by atoms with Crippen LogP contribution in [0.5, 0.6) is 5.75 Å². The van der Waals surface area contributed by atoms with E-state index in [-0.39, 0.29) is 16.7 Å². The van der Waals surface area contributed by atoms with E-state index in [1.807, 2.05) is 0 Å². The van der Waals surface area contributed by atoms with Crippen molar-refractivity contribution in [2.45, 2.75) is 6.18 Å². The Morgan fingerprint density at radius 2 is 1.68 bits per heavy atom. The predicted octanol–water partition coefficient (Wildman–Crippen LogP) is 4.00. The number of benzene rings is 2. The average molecular weight is 314 g/mol. The van der Waals surface area contributed by atoms with Gasteiger partial charge in [-0.25, -0.2) is 9.18 Å². The minimum absolute atomic E-state index is 0.0156. The van der Waals surface area contributed by atoms with Crippen LogP contribution in [0, 0.1) is 5.82 Å². The molecule has 0 fully saturated rings. The fourth-order valence-corrected chi connectivity index (χ4v) is 1.93. The van der Waals surface area contributed by atoms with E-state index in [1.165, 1.54) is 6.07 Å². The molecule has 2 aromatic rings. The number of methoxy groups -OCH3 is 1. The van der Waals surface area contributed by atoms with Crippen molar-refractivity contribution in [2.24, 2.45) is 0 Å². The lowest BCUT2D eigenvalue weighted by Crippen LogP contribution is -2.05. The van der Waals surface area contributed by atoms with Crippen LogP contribution in [0.25, 0.3) is 11.1 Å². The van der Waals surface area contributed by atoms with Gasteiger partial charge in [0.25, 0.3) is 0 Å². The molecule has 0 spiro atoms. The normalized spacial score (nSPS) is 11.3. The number of halogens is 4. The molecule has 116 valence electrons. The number of ether oxygens (including phenoxy) is 1. The van der Waals surface area contributed by atoms with Crippen molar-refractivity contribution >= 4 is 5.97 Å². The number of hydrogen-bond donors (Lipinski definition) is 1. The predicted molar refractivity (Wildman–Crippen MR) is 69.8 cm³/mol. The maximum Gasteiger partial charge on any atom is 0.416 e. The molecule has 22 heavy (non-hydrogen) atoms. The summed E-state index contributed by atoms with van der Waals surface area (Å²) in [6, 6.07) is 5.42. The van der Waals surface area contributed by atoms with Gasteiger partial charge in [-0.15, -0.1) is 0 Å². The summed E-state index contributed by atoms with van der Waals surface area (Å²) in [5, 5.41) is 9.43. The van der Waals surface area contributed by atoms with Crippen LogP contribution in [0.2, 0.25) is 0 Å². The van der Waals surface area contributed by atoms with Gasteiger partial charge < -0.3 is 9.84 Å². The van der Waals surface area contributed by atoms with E-state index >= 15 is 0 Å². The summed E-state index contributed by atoms with van der Waals surface area (Å²) in [4.78, 5) is 11.4. The summed E-state index contributed by atoms with van der Waals surface area (Å²) in [5.74, 6) is -2.25. The van der Waals surface area contributed by atoms with Gasteiger partial charge in [-0.3, -0.25) is 0 Å². The Morgan fingerprint density at radius 1 is 1.05 bits per heavy atom. The minimum atomic E-state index is -4.66. The molecule has 0 aliphatic rings.